The molecule has 0 spiro atoms. The number of thioether (sulfide) groups is 2. The monoisotopic (exact) mass is 446 g/mol. The summed E-state index contributed by atoms with van der Waals surface area (Å²) in [7, 11) is 0. The lowest BCUT2D eigenvalue weighted by Gasteiger charge is -2.09. The molecule has 1 heterocycles. The van der Waals surface area contributed by atoms with Crippen molar-refractivity contribution in [1.29, 1.82) is 0 Å². The van der Waals surface area contributed by atoms with Crippen LogP contribution < -0.4 is 5.32 Å². The van der Waals surface area contributed by atoms with Gasteiger partial charge in [0.1, 0.15) is 0 Å². The zero-order valence-electron chi connectivity index (χ0n) is 16.2. The van der Waals surface area contributed by atoms with Crippen molar-refractivity contribution in [3.63, 3.8) is 0 Å². The largest absolute Gasteiger partial charge is 0.325 e. The number of aryl methyl sites for hydroxylation is 1. The quantitative estimate of drug-likeness (QED) is 0.348. The molecule has 156 valence electrons. The molecule has 0 fully saturated rings. The molecule has 0 unspecified atom stereocenters. The van der Waals surface area contributed by atoms with Gasteiger partial charge in [0.2, 0.25) is 5.91 Å². The number of carbonyl (C=O) groups is 1. The highest BCUT2D eigenvalue weighted by Gasteiger charge is 2.15. The molecule has 2 aromatic carbocycles. The summed E-state index contributed by atoms with van der Waals surface area (Å²) in [5.74, 6) is -1.84. The van der Waals surface area contributed by atoms with Gasteiger partial charge in [-0.15, -0.1) is 16.8 Å². The average Bonchev–Trinajstić information content (AvgIpc) is 3.10. The van der Waals surface area contributed by atoms with Gasteiger partial charge in [-0.1, -0.05) is 53.4 Å². The SMILES string of the molecule is C=CCn1c(SCC(=O)Nc2ccc(SC(F)F)cc2)nnc1-c1cccc(C)c1. The number of nitrogens with one attached hydrogen (secondary N) is 1. The first kappa shape index (κ1) is 22.0. The first-order valence-corrected chi connectivity index (χ1v) is 10.9. The predicted octanol–water partition coefficient (Wildman–Crippen LogP) is 5.49. The van der Waals surface area contributed by atoms with E-state index in [2.05, 4.69) is 22.1 Å². The van der Waals surface area contributed by atoms with Gasteiger partial charge in [-0.25, -0.2) is 0 Å². The van der Waals surface area contributed by atoms with Gasteiger partial charge in [-0.3, -0.25) is 9.36 Å². The zero-order chi connectivity index (χ0) is 21.5. The molecule has 1 N–H and O–H groups in total. The van der Waals surface area contributed by atoms with E-state index >= 15 is 0 Å². The molecule has 1 aromatic heterocycles. The Kier molecular flexibility index (Phi) is 7.64. The summed E-state index contributed by atoms with van der Waals surface area (Å²) >= 11 is 1.74. The zero-order valence-corrected chi connectivity index (χ0v) is 17.9. The molecule has 0 saturated carbocycles. The van der Waals surface area contributed by atoms with Crippen LogP contribution in [0, 0.1) is 6.92 Å². The highest BCUT2D eigenvalue weighted by atomic mass is 32.2. The van der Waals surface area contributed by atoms with Crippen molar-refractivity contribution >= 4 is 35.1 Å². The maximum atomic E-state index is 12.4. The van der Waals surface area contributed by atoms with E-state index in [9.17, 15) is 13.6 Å². The third-order valence-corrected chi connectivity index (χ3v) is 5.69. The van der Waals surface area contributed by atoms with E-state index in [1.165, 1.54) is 11.8 Å². The Morgan fingerprint density at radius 2 is 2.00 bits per heavy atom. The normalized spacial score (nSPS) is 10.9. The van der Waals surface area contributed by atoms with Crippen molar-refractivity contribution in [2.75, 3.05) is 11.1 Å². The van der Waals surface area contributed by atoms with Crippen LogP contribution in [0.3, 0.4) is 0 Å². The van der Waals surface area contributed by atoms with Crippen LogP contribution in [-0.4, -0.2) is 32.2 Å². The average molecular weight is 447 g/mol. The molecule has 1 amide bonds. The van der Waals surface area contributed by atoms with E-state index < -0.39 is 5.76 Å². The first-order valence-electron chi connectivity index (χ1n) is 9.05. The summed E-state index contributed by atoms with van der Waals surface area (Å²) in [6, 6.07) is 14.3. The fourth-order valence-electron chi connectivity index (χ4n) is 2.73. The van der Waals surface area contributed by atoms with Gasteiger partial charge < -0.3 is 5.32 Å². The lowest BCUT2D eigenvalue weighted by molar-refractivity contribution is -0.113. The molecule has 30 heavy (non-hydrogen) atoms. The summed E-state index contributed by atoms with van der Waals surface area (Å²) in [5, 5.41) is 11.9. The molecule has 0 radical (unpaired) electrons. The molecular weight excluding hydrogens is 426 g/mol. The molecule has 0 aliphatic carbocycles. The van der Waals surface area contributed by atoms with Gasteiger partial charge >= 0.3 is 0 Å². The van der Waals surface area contributed by atoms with Gasteiger partial charge in [0.25, 0.3) is 5.76 Å². The second-order valence-corrected chi connectivity index (χ2v) is 8.32. The summed E-state index contributed by atoms with van der Waals surface area (Å²) in [6.45, 7) is 6.32. The number of benzene rings is 2. The standard InChI is InChI=1S/C21H20F2N4OS2/c1-3-11-27-19(15-6-4-5-14(2)12-15)25-26-21(27)29-13-18(28)24-16-7-9-17(10-8-16)30-20(22)23/h3-10,12,20H,1,11,13H2,2H3,(H,24,28). The fourth-order valence-corrected chi connectivity index (χ4v) is 3.98. The van der Waals surface area contributed by atoms with Gasteiger partial charge in [0.05, 0.1) is 5.75 Å². The second-order valence-electron chi connectivity index (χ2n) is 6.31. The van der Waals surface area contributed by atoms with Gasteiger partial charge in [0.15, 0.2) is 11.0 Å². The minimum atomic E-state index is -2.47. The third-order valence-electron chi connectivity index (χ3n) is 4.00. The topological polar surface area (TPSA) is 59.8 Å². The van der Waals surface area contributed by atoms with E-state index in [-0.39, 0.29) is 11.7 Å². The molecule has 5 nitrogen and oxygen atoms in total. The van der Waals surface area contributed by atoms with E-state index in [0.717, 1.165) is 11.1 Å². The van der Waals surface area contributed by atoms with Crippen LogP contribution in [0.2, 0.25) is 0 Å². The number of amides is 1. The molecule has 0 bridgehead atoms. The smallest absolute Gasteiger partial charge is 0.288 e. The Labute approximate surface area is 182 Å². The number of hydrogen-bond donors (Lipinski definition) is 1. The number of rotatable bonds is 9. The number of halogens is 2. The number of carbonyl (C=O) groups excluding carboxylic acids is 1. The van der Waals surface area contributed by atoms with E-state index in [1.54, 1.807) is 30.3 Å². The van der Waals surface area contributed by atoms with Crippen LogP contribution >= 0.6 is 23.5 Å². The maximum Gasteiger partial charge on any atom is 0.288 e. The van der Waals surface area contributed by atoms with Gasteiger partial charge in [-0.05, 0) is 37.3 Å². The Morgan fingerprint density at radius 1 is 1.23 bits per heavy atom. The lowest BCUT2D eigenvalue weighted by atomic mass is 10.1. The molecule has 3 aromatic rings. The first-order chi connectivity index (χ1) is 14.5. The summed E-state index contributed by atoms with van der Waals surface area (Å²) < 4.78 is 26.7. The molecular formula is C21H20F2N4OS2. The van der Waals surface area contributed by atoms with Crippen molar-refractivity contribution in [3.05, 3.63) is 66.7 Å². The molecule has 9 heteroatoms. The van der Waals surface area contributed by atoms with Crippen LogP contribution in [-0.2, 0) is 11.3 Å². The van der Waals surface area contributed by atoms with E-state index in [1.807, 2.05) is 35.8 Å². The highest BCUT2D eigenvalue weighted by Crippen LogP contribution is 2.27. The Hall–Kier alpha value is -2.65. The fraction of sp³-hybridized carbons (Fsp3) is 0.190. The number of alkyl halides is 2. The Morgan fingerprint density at radius 3 is 2.67 bits per heavy atom. The van der Waals surface area contributed by atoms with E-state index in [0.29, 0.717) is 39.9 Å². The van der Waals surface area contributed by atoms with Crippen LogP contribution in [0.4, 0.5) is 14.5 Å². The van der Waals surface area contributed by atoms with Crippen LogP contribution in [0.5, 0.6) is 0 Å². The second kappa shape index (κ2) is 10.4. The Bertz CT molecular complexity index is 1020. The summed E-state index contributed by atoms with van der Waals surface area (Å²) in [5.41, 5.74) is 2.61. The number of anilines is 1. The van der Waals surface area contributed by atoms with Gasteiger partial charge in [0, 0.05) is 22.7 Å². The number of nitrogens with zero attached hydrogens (tertiary/aromatic N) is 3. The van der Waals surface area contributed by atoms with Crippen molar-refractivity contribution in [3.8, 4) is 11.4 Å². The molecule has 0 atom stereocenters. The predicted molar refractivity (Wildman–Crippen MR) is 118 cm³/mol. The summed E-state index contributed by atoms with van der Waals surface area (Å²) in [4.78, 5) is 12.7. The van der Waals surface area contributed by atoms with Gasteiger partial charge in [-0.2, -0.15) is 8.78 Å². The van der Waals surface area contributed by atoms with Crippen LogP contribution in [0.15, 0.2) is 71.2 Å². The lowest BCUT2D eigenvalue weighted by Crippen LogP contribution is -2.14. The number of aromatic nitrogens is 3. The molecule has 0 aliphatic rings. The highest BCUT2D eigenvalue weighted by molar-refractivity contribution is 8.00. The van der Waals surface area contributed by atoms with Crippen LogP contribution in [0.25, 0.3) is 11.4 Å². The van der Waals surface area contributed by atoms with Crippen molar-refractivity contribution in [2.45, 2.75) is 29.3 Å². The molecule has 0 aliphatic heterocycles. The van der Waals surface area contributed by atoms with Crippen molar-refractivity contribution < 1.29 is 13.6 Å². The summed E-state index contributed by atoms with van der Waals surface area (Å²) in [6.07, 6.45) is 1.76. The minimum absolute atomic E-state index is 0.136. The van der Waals surface area contributed by atoms with Crippen molar-refractivity contribution in [2.24, 2.45) is 0 Å². The number of hydrogen-bond acceptors (Lipinski definition) is 5. The third kappa shape index (κ3) is 5.93. The molecule has 3 rings (SSSR count). The maximum absolute atomic E-state index is 12.4. The van der Waals surface area contributed by atoms with E-state index in [4.69, 9.17) is 0 Å². The minimum Gasteiger partial charge on any atom is -0.325 e. The van der Waals surface area contributed by atoms with Crippen LogP contribution in [0.1, 0.15) is 5.56 Å². The number of allylic oxidation sites excluding steroid dienone is 1. The van der Waals surface area contributed by atoms with Crippen molar-refractivity contribution in [1.82, 2.24) is 14.8 Å². The molecule has 0 saturated heterocycles. The Balaban J connectivity index is 1.65.